The van der Waals surface area contributed by atoms with Crippen LogP contribution >= 0.6 is 0 Å². The second-order valence-electron chi connectivity index (χ2n) is 0. The topological polar surface area (TPSA) is 85.5 Å². The third kappa shape index (κ3) is 119. The molecule has 18 heavy (non-hydrogen) atoms. The predicted octanol–water partition coefficient (Wildman–Crippen LogP) is -0.374. The SMILES string of the molecule is [Er].[Er].[Er].[Er].[O-2].[O-2].[O-2].[S-2].[S-2].[S-2].[Y].[Y].[Y].[Y].[Yb+3].[Yb+3].[Yb+3].[Yb+3]. The molecular weight excluding hydrogens is 1860 g/mol. The Labute approximate surface area is 505 Å². The summed E-state index contributed by atoms with van der Waals surface area (Å²) in [6.45, 7) is 0. The molecule has 3 nitrogen and oxygen atoms in total. The Balaban J connectivity index is 0. The minimum atomic E-state index is 0. The summed E-state index contributed by atoms with van der Waals surface area (Å²) in [7, 11) is 0. The molecule has 0 saturated heterocycles. The summed E-state index contributed by atoms with van der Waals surface area (Å²) >= 11 is 0. The maximum Gasteiger partial charge on any atom is 3.00 e. The van der Waals surface area contributed by atoms with E-state index in [1.807, 2.05) is 0 Å². The van der Waals surface area contributed by atoms with E-state index in [9.17, 15) is 0 Å². The normalized spacial score (nSPS) is 0. The Morgan fingerprint density at radius 2 is 0.278 bits per heavy atom. The molecule has 0 aliphatic carbocycles. The van der Waals surface area contributed by atoms with Crippen molar-refractivity contribution in [3.63, 3.8) is 0 Å². The van der Waals surface area contributed by atoms with Gasteiger partial charge >= 0.3 is 188 Å². The second kappa shape index (κ2) is 130. The number of rotatable bonds is 0. The van der Waals surface area contributed by atoms with E-state index in [0.717, 1.165) is 0 Å². The Hall–Kier alpha value is 16.4. The number of hydrogen-bond acceptors (Lipinski definition) is 0. The van der Waals surface area contributed by atoms with Gasteiger partial charge in [0.25, 0.3) is 0 Å². The zero-order valence-electron chi connectivity index (χ0n) is 6.98. The van der Waals surface area contributed by atoms with Gasteiger partial charge in [-0.25, -0.2) is 0 Å². The monoisotopic (exact) mass is 1860 g/mol. The first kappa shape index (κ1) is 143. The summed E-state index contributed by atoms with van der Waals surface area (Å²) in [6.07, 6.45) is 0. The summed E-state index contributed by atoms with van der Waals surface area (Å²) in [5.41, 5.74) is 0. The van der Waals surface area contributed by atoms with Crippen molar-refractivity contribution < 1.29 is 484 Å². The van der Waals surface area contributed by atoms with Gasteiger partial charge in [0.2, 0.25) is 0 Å². The summed E-state index contributed by atoms with van der Waals surface area (Å²) in [5.74, 6) is 0. The van der Waals surface area contributed by atoms with E-state index < -0.39 is 0 Å². The Morgan fingerprint density at radius 1 is 0.278 bits per heavy atom. The molecule has 0 unspecified atom stereocenters. The summed E-state index contributed by atoms with van der Waals surface area (Å²) in [5, 5.41) is 0. The van der Waals surface area contributed by atoms with Gasteiger partial charge in [0, 0.05) is 280 Å². The first-order chi connectivity index (χ1) is 0. The molecule has 0 spiro atoms. The van der Waals surface area contributed by atoms with Gasteiger partial charge in [-0.15, -0.1) is 0 Å². The van der Waals surface area contributed by atoms with Gasteiger partial charge in [-0.2, -0.15) is 0 Å². The summed E-state index contributed by atoms with van der Waals surface area (Å²) in [4.78, 5) is 0. The van der Waals surface area contributed by atoms with Crippen molar-refractivity contribution >= 4 is 40.5 Å². The van der Waals surface area contributed by atoms with Crippen LogP contribution in [0.1, 0.15) is 0 Å². The van der Waals surface area contributed by atoms with Gasteiger partial charge in [-0.3, -0.25) is 0 Å². The zero-order chi connectivity index (χ0) is 0. The Kier molecular flexibility index (Phi) is 1030. The van der Waals surface area contributed by atoms with Crippen molar-refractivity contribution in [2.24, 2.45) is 0 Å². The van der Waals surface area contributed by atoms with Crippen LogP contribution in [0.3, 0.4) is 0 Å². The third-order valence-corrected chi connectivity index (χ3v) is 0. The maximum absolute atomic E-state index is 0. The van der Waals surface area contributed by atoms with Gasteiger partial charge in [0.1, 0.15) is 0 Å². The van der Waals surface area contributed by atoms with E-state index in [-0.39, 0.29) is 525 Å². The van der Waals surface area contributed by atoms with Gasteiger partial charge in [0.05, 0.1) is 0 Å². The van der Waals surface area contributed by atoms with E-state index in [1.54, 1.807) is 0 Å². The molecule has 0 bridgehead atoms. The van der Waals surface area contributed by atoms with Crippen LogP contribution in [0.2, 0.25) is 0 Å². The van der Waals surface area contributed by atoms with Crippen molar-refractivity contribution in [3.8, 4) is 0 Å². The van der Waals surface area contributed by atoms with Crippen molar-refractivity contribution in [3.05, 3.63) is 0 Å². The molecule has 0 N–H and O–H groups in total. The molecule has 0 aliphatic heterocycles. The molecule has 0 aromatic heterocycles. The average Bonchev–Trinajstić information content (AvgIpc) is 0. The molecule has 0 aliphatic rings. The number of hydrogen-bond donors (Lipinski definition) is 0. The van der Waals surface area contributed by atoms with Gasteiger partial charge in [-0.1, -0.05) is 0 Å². The van der Waals surface area contributed by atoms with E-state index in [1.165, 1.54) is 0 Å². The summed E-state index contributed by atoms with van der Waals surface area (Å²) < 4.78 is 0. The second-order valence-corrected chi connectivity index (χ2v) is 0. The van der Waals surface area contributed by atoms with Crippen molar-refractivity contribution in [2.75, 3.05) is 0 Å². The van der Waals surface area contributed by atoms with Crippen LogP contribution < -0.4 is 0 Å². The molecule has 8 radical (unpaired) electrons. The fourth-order valence-electron chi connectivity index (χ4n) is 0. The Bertz CT molecular complexity index is 41.5. The fraction of sp³-hybridized carbons (Fsp3) is 0. The molecule has 0 amide bonds. The largest absolute Gasteiger partial charge is 3.00 e. The molecule has 0 saturated carbocycles. The average molecular weight is 1860 g/mol. The predicted molar refractivity (Wildman–Crippen MR) is 24.2 cm³/mol. The smallest absolute Gasteiger partial charge is 2.00 e. The Morgan fingerprint density at radius 3 is 0.278 bits per heavy atom. The standard InChI is InChI=1S/4Er.3O.3S.4Y.4Yb/q;;;;6*-2;;;;;4*+3. The molecule has 18 heteroatoms. The van der Waals surface area contributed by atoms with Crippen LogP contribution in [0.15, 0.2) is 0 Å². The van der Waals surface area contributed by atoms with Crippen LogP contribution in [-0.2, 0) is 188 Å². The van der Waals surface area contributed by atoms with Gasteiger partial charge in [-0.05, 0) is 0 Å². The van der Waals surface area contributed by atoms with Crippen LogP contribution in [0.25, 0.3) is 0 Å². The third-order valence-electron chi connectivity index (χ3n) is 0. The molecular formula is Er4O3S3Y4Yb4. The molecule has 0 fully saturated rings. The molecule has 0 atom stereocenters. The van der Waals surface area contributed by atoms with Crippen LogP contribution in [0.5, 0.6) is 0 Å². The van der Waals surface area contributed by atoms with Crippen LogP contribution in [0, 0.1) is 337 Å². The molecule has 0 aromatic rings. The van der Waals surface area contributed by atoms with Crippen LogP contribution in [0.4, 0.5) is 0 Å². The van der Waals surface area contributed by atoms with Crippen molar-refractivity contribution in [2.45, 2.75) is 0 Å². The summed E-state index contributed by atoms with van der Waals surface area (Å²) in [6, 6.07) is 0. The van der Waals surface area contributed by atoms with E-state index in [2.05, 4.69) is 0 Å². The van der Waals surface area contributed by atoms with Gasteiger partial charge in [0.15, 0.2) is 0 Å². The van der Waals surface area contributed by atoms with Gasteiger partial charge < -0.3 is 56.9 Å². The molecule has 0 rings (SSSR count). The first-order valence-corrected chi connectivity index (χ1v) is 0. The van der Waals surface area contributed by atoms with Crippen LogP contribution in [-0.4, -0.2) is 0 Å². The molecule has 0 aromatic carbocycles. The molecule has 152 valence electrons. The fourth-order valence-corrected chi connectivity index (χ4v) is 0. The van der Waals surface area contributed by atoms with Crippen molar-refractivity contribution in [1.29, 1.82) is 0 Å². The minimum absolute atomic E-state index is 0. The minimum Gasteiger partial charge on any atom is -2.00 e. The van der Waals surface area contributed by atoms with Crippen molar-refractivity contribution in [1.82, 2.24) is 0 Å². The zero-order valence-corrected chi connectivity index (χ0v) is 35.1. The first-order valence-electron chi connectivity index (χ1n) is 0. The molecule has 0 heterocycles. The quantitative estimate of drug-likeness (QED) is 0.318. The maximum atomic E-state index is 0. The van der Waals surface area contributed by atoms with E-state index in [4.69, 9.17) is 0 Å². The van der Waals surface area contributed by atoms with E-state index >= 15 is 0 Å². The van der Waals surface area contributed by atoms with E-state index in [0.29, 0.717) is 0 Å².